The summed E-state index contributed by atoms with van der Waals surface area (Å²) in [6.07, 6.45) is 0. The first kappa shape index (κ1) is 19.9. The Bertz CT molecular complexity index is 1630. The van der Waals surface area contributed by atoms with Crippen molar-refractivity contribution in [2.24, 2.45) is 0 Å². The fourth-order valence-electron chi connectivity index (χ4n) is 3.84. The summed E-state index contributed by atoms with van der Waals surface area (Å²) in [6.45, 7) is 0. The maximum Gasteiger partial charge on any atom is 0.291 e. The summed E-state index contributed by atoms with van der Waals surface area (Å²) < 4.78 is 1.07. The molecule has 0 saturated carbocycles. The molecule has 2 aromatic heterocycles. The zero-order valence-corrected chi connectivity index (χ0v) is 17.3. The van der Waals surface area contributed by atoms with Crippen LogP contribution in [0.25, 0.3) is 39.3 Å². The SMILES string of the molecule is N#Cc1c(-c2ccccc2)c(C#N)c2nc(-c3ccccc3)c(-c3ccccc3)nn2c1=O. The predicted molar refractivity (Wildman–Crippen MR) is 125 cm³/mol. The summed E-state index contributed by atoms with van der Waals surface area (Å²) in [7, 11) is 0. The monoisotopic (exact) mass is 425 g/mol. The lowest BCUT2D eigenvalue weighted by Crippen LogP contribution is -2.23. The number of nitrogens with zero attached hydrogens (tertiary/aromatic N) is 5. The number of aromatic nitrogens is 3. The van der Waals surface area contributed by atoms with Crippen molar-refractivity contribution in [1.82, 2.24) is 14.6 Å². The molecule has 3 aromatic carbocycles. The van der Waals surface area contributed by atoms with Gasteiger partial charge in [-0.2, -0.15) is 20.1 Å². The maximum atomic E-state index is 13.4. The van der Waals surface area contributed by atoms with Crippen molar-refractivity contribution in [2.45, 2.75) is 0 Å². The maximum absolute atomic E-state index is 13.4. The number of rotatable bonds is 3. The Kier molecular flexibility index (Phi) is 4.95. The zero-order valence-electron chi connectivity index (χ0n) is 17.3. The summed E-state index contributed by atoms with van der Waals surface area (Å²) >= 11 is 0. The number of pyridine rings is 1. The molecule has 5 aromatic rings. The van der Waals surface area contributed by atoms with Crippen LogP contribution >= 0.6 is 0 Å². The Labute approximate surface area is 189 Å². The van der Waals surface area contributed by atoms with Gasteiger partial charge in [-0.3, -0.25) is 4.79 Å². The second kappa shape index (κ2) is 8.22. The molecular weight excluding hydrogens is 410 g/mol. The van der Waals surface area contributed by atoms with E-state index in [-0.39, 0.29) is 22.3 Å². The van der Waals surface area contributed by atoms with Gasteiger partial charge in [-0.15, -0.1) is 0 Å². The average molecular weight is 425 g/mol. The van der Waals surface area contributed by atoms with Gasteiger partial charge in [0.15, 0.2) is 5.65 Å². The zero-order chi connectivity index (χ0) is 22.8. The minimum absolute atomic E-state index is 0.110. The predicted octanol–water partition coefficient (Wildman–Crippen LogP) is 4.83. The Hall–Kier alpha value is -5.07. The highest BCUT2D eigenvalue weighted by molar-refractivity contribution is 5.84. The van der Waals surface area contributed by atoms with Gasteiger partial charge in [-0.05, 0) is 5.56 Å². The van der Waals surface area contributed by atoms with E-state index in [1.54, 1.807) is 24.3 Å². The fraction of sp³-hybridized carbons (Fsp3) is 0. The normalized spacial score (nSPS) is 10.5. The third-order valence-corrected chi connectivity index (χ3v) is 5.35. The van der Waals surface area contributed by atoms with Gasteiger partial charge in [-0.25, -0.2) is 4.98 Å². The molecular formula is C27H15N5O. The van der Waals surface area contributed by atoms with Crippen molar-refractivity contribution < 1.29 is 0 Å². The van der Waals surface area contributed by atoms with Crippen LogP contribution in [-0.2, 0) is 0 Å². The molecule has 0 atom stereocenters. The van der Waals surface area contributed by atoms with Crippen LogP contribution < -0.4 is 5.56 Å². The van der Waals surface area contributed by atoms with Crippen LogP contribution in [0, 0.1) is 22.7 Å². The molecule has 154 valence electrons. The average Bonchev–Trinajstić information content (AvgIpc) is 2.89. The van der Waals surface area contributed by atoms with E-state index in [9.17, 15) is 15.3 Å². The third-order valence-electron chi connectivity index (χ3n) is 5.35. The van der Waals surface area contributed by atoms with E-state index >= 15 is 0 Å². The molecule has 0 aliphatic carbocycles. The van der Waals surface area contributed by atoms with Crippen LogP contribution in [0.1, 0.15) is 11.1 Å². The van der Waals surface area contributed by atoms with Crippen molar-refractivity contribution in [2.75, 3.05) is 0 Å². The molecule has 2 heterocycles. The lowest BCUT2D eigenvalue weighted by Gasteiger charge is -2.14. The Morgan fingerprint density at radius 2 is 1.12 bits per heavy atom. The summed E-state index contributed by atoms with van der Waals surface area (Å²) in [4.78, 5) is 18.2. The largest absolute Gasteiger partial charge is 0.291 e. The van der Waals surface area contributed by atoms with Gasteiger partial charge < -0.3 is 0 Å². The second-order valence-electron chi connectivity index (χ2n) is 7.30. The number of nitriles is 2. The molecule has 6 heteroatoms. The van der Waals surface area contributed by atoms with E-state index in [2.05, 4.69) is 11.2 Å². The number of hydrogen-bond donors (Lipinski definition) is 0. The van der Waals surface area contributed by atoms with Gasteiger partial charge >= 0.3 is 0 Å². The van der Waals surface area contributed by atoms with Crippen molar-refractivity contribution in [3.8, 4) is 45.8 Å². The molecule has 0 saturated heterocycles. The van der Waals surface area contributed by atoms with E-state index in [1.165, 1.54) is 0 Å². The molecule has 0 fully saturated rings. The minimum Gasteiger partial charge on any atom is -0.266 e. The lowest BCUT2D eigenvalue weighted by atomic mass is 9.96. The Morgan fingerprint density at radius 1 is 0.636 bits per heavy atom. The molecule has 5 rings (SSSR count). The van der Waals surface area contributed by atoms with Crippen LogP contribution in [0.5, 0.6) is 0 Å². The number of hydrogen-bond acceptors (Lipinski definition) is 5. The molecule has 6 nitrogen and oxygen atoms in total. The van der Waals surface area contributed by atoms with E-state index in [1.807, 2.05) is 72.8 Å². The summed E-state index contributed by atoms with van der Waals surface area (Å²) in [6, 6.07) is 32.0. The highest BCUT2D eigenvalue weighted by Gasteiger charge is 2.23. The first-order valence-corrected chi connectivity index (χ1v) is 10.2. The first-order valence-electron chi connectivity index (χ1n) is 10.2. The molecule has 0 amide bonds. The molecule has 0 unspecified atom stereocenters. The third kappa shape index (κ3) is 3.33. The van der Waals surface area contributed by atoms with Crippen LogP contribution in [0.3, 0.4) is 0 Å². The topological polar surface area (TPSA) is 94.8 Å². The van der Waals surface area contributed by atoms with Gasteiger partial charge in [0, 0.05) is 16.7 Å². The number of benzene rings is 3. The lowest BCUT2D eigenvalue weighted by molar-refractivity contribution is 0.865. The van der Waals surface area contributed by atoms with Crippen molar-refractivity contribution in [1.29, 1.82) is 10.5 Å². The van der Waals surface area contributed by atoms with Crippen molar-refractivity contribution in [3.63, 3.8) is 0 Å². The molecule has 0 spiro atoms. The van der Waals surface area contributed by atoms with Crippen LogP contribution in [-0.4, -0.2) is 14.6 Å². The summed E-state index contributed by atoms with van der Waals surface area (Å²) in [5, 5.41) is 24.5. The van der Waals surface area contributed by atoms with Gasteiger partial charge in [0.25, 0.3) is 5.56 Å². The Balaban J connectivity index is 1.96. The summed E-state index contributed by atoms with van der Waals surface area (Å²) in [5.41, 5.74) is 2.94. The van der Waals surface area contributed by atoms with Crippen LogP contribution in [0.15, 0.2) is 95.8 Å². The fourth-order valence-corrected chi connectivity index (χ4v) is 3.84. The molecule has 0 aliphatic heterocycles. The quantitative estimate of drug-likeness (QED) is 0.412. The van der Waals surface area contributed by atoms with Gasteiger partial charge in [0.05, 0.1) is 0 Å². The minimum atomic E-state index is -0.616. The molecule has 0 aliphatic rings. The van der Waals surface area contributed by atoms with Crippen LogP contribution in [0.4, 0.5) is 0 Å². The van der Waals surface area contributed by atoms with Gasteiger partial charge in [-0.1, -0.05) is 91.0 Å². The van der Waals surface area contributed by atoms with E-state index in [0.29, 0.717) is 17.0 Å². The van der Waals surface area contributed by atoms with Crippen molar-refractivity contribution >= 4 is 5.65 Å². The van der Waals surface area contributed by atoms with E-state index in [4.69, 9.17) is 4.98 Å². The van der Waals surface area contributed by atoms with Crippen LogP contribution in [0.2, 0.25) is 0 Å². The highest BCUT2D eigenvalue weighted by Crippen LogP contribution is 2.32. The molecule has 33 heavy (non-hydrogen) atoms. The molecule has 0 bridgehead atoms. The standard InChI is InChI=1S/C27H15N5O/c28-16-21-23(18-10-4-1-5-11-18)22(17-29)27(33)32-26(21)30-24(19-12-6-2-7-13-19)25(31-32)20-14-8-3-9-15-20/h1-15H. The summed E-state index contributed by atoms with van der Waals surface area (Å²) in [5.74, 6) is 0. The highest BCUT2D eigenvalue weighted by atomic mass is 16.1. The smallest absolute Gasteiger partial charge is 0.266 e. The Morgan fingerprint density at radius 3 is 1.64 bits per heavy atom. The van der Waals surface area contributed by atoms with Crippen molar-refractivity contribution in [3.05, 3.63) is 112 Å². The molecule has 0 N–H and O–H groups in total. The number of fused-ring (bicyclic) bond motifs is 1. The first-order chi connectivity index (χ1) is 16.2. The van der Waals surface area contributed by atoms with Gasteiger partial charge in [0.1, 0.15) is 34.7 Å². The van der Waals surface area contributed by atoms with E-state index < -0.39 is 5.56 Å². The van der Waals surface area contributed by atoms with E-state index in [0.717, 1.165) is 15.6 Å². The molecule has 0 radical (unpaired) electrons. The second-order valence-corrected chi connectivity index (χ2v) is 7.30. The van der Waals surface area contributed by atoms with Gasteiger partial charge in [0.2, 0.25) is 0 Å².